The molecule has 1 aliphatic carbocycles. The highest BCUT2D eigenvalue weighted by molar-refractivity contribution is 5.84. The van der Waals surface area contributed by atoms with Crippen molar-refractivity contribution in [1.82, 2.24) is 4.90 Å². The zero-order valence-corrected chi connectivity index (χ0v) is 10.5. The molecule has 0 aromatic carbocycles. The Balaban J connectivity index is 2.30. The quantitative estimate of drug-likeness (QED) is 0.538. The molecule has 0 aromatic rings. The van der Waals surface area contributed by atoms with Crippen molar-refractivity contribution in [2.45, 2.75) is 52.6 Å². The third-order valence-corrected chi connectivity index (χ3v) is 2.97. The van der Waals surface area contributed by atoms with Crippen molar-refractivity contribution < 1.29 is 0 Å². The van der Waals surface area contributed by atoms with Gasteiger partial charge in [-0.3, -0.25) is 9.89 Å². The lowest BCUT2D eigenvalue weighted by molar-refractivity contribution is 0.181. The number of rotatable bonds is 6. The second-order valence-electron chi connectivity index (χ2n) is 5.01. The van der Waals surface area contributed by atoms with Crippen LogP contribution in [-0.2, 0) is 0 Å². The molecule has 1 aliphatic rings. The van der Waals surface area contributed by atoms with Crippen LogP contribution in [0.1, 0.15) is 40.5 Å². The van der Waals surface area contributed by atoms with Crippen LogP contribution in [0.25, 0.3) is 0 Å². The van der Waals surface area contributed by atoms with Gasteiger partial charge in [-0.1, -0.05) is 0 Å². The molecule has 0 unspecified atom stereocenters. The SMILES string of the molecule is CC(C)N(CCN=C(N)C1CC1)C(C)C. The van der Waals surface area contributed by atoms with Gasteiger partial charge in [0, 0.05) is 24.5 Å². The van der Waals surface area contributed by atoms with Crippen LogP contribution in [-0.4, -0.2) is 35.9 Å². The second kappa shape index (κ2) is 5.50. The van der Waals surface area contributed by atoms with Crippen molar-refractivity contribution in [2.24, 2.45) is 16.6 Å². The van der Waals surface area contributed by atoms with E-state index in [0.29, 0.717) is 18.0 Å². The molecular formula is C12H25N3. The third-order valence-electron chi connectivity index (χ3n) is 2.97. The molecule has 0 heterocycles. The highest BCUT2D eigenvalue weighted by Crippen LogP contribution is 2.28. The van der Waals surface area contributed by atoms with Gasteiger partial charge in [-0.25, -0.2) is 0 Å². The number of nitrogens with zero attached hydrogens (tertiary/aromatic N) is 2. The lowest BCUT2D eigenvalue weighted by Gasteiger charge is -2.29. The van der Waals surface area contributed by atoms with Crippen molar-refractivity contribution in [3.63, 3.8) is 0 Å². The summed E-state index contributed by atoms with van der Waals surface area (Å²) in [4.78, 5) is 6.89. The van der Waals surface area contributed by atoms with Crippen molar-refractivity contribution in [2.75, 3.05) is 13.1 Å². The normalized spacial score (nSPS) is 18.2. The summed E-state index contributed by atoms with van der Waals surface area (Å²) in [5.41, 5.74) is 5.85. The monoisotopic (exact) mass is 211 g/mol. The van der Waals surface area contributed by atoms with E-state index in [0.717, 1.165) is 18.9 Å². The van der Waals surface area contributed by atoms with Crippen LogP contribution in [0.3, 0.4) is 0 Å². The first-order valence-electron chi connectivity index (χ1n) is 6.08. The van der Waals surface area contributed by atoms with Gasteiger partial charge in [0.1, 0.15) is 0 Å². The Kier molecular flexibility index (Phi) is 4.58. The number of aliphatic imine (C=N–C) groups is 1. The van der Waals surface area contributed by atoms with E-state index in [1.165, 1.54) is 12.8 Å². The number of nitrogens with two attached hydrogens (primary N) is 1. The summed E-state index contributed by atoms with van der Waals surface area (Å²) in [7, 11) is 0. The predicted molar refractivity (Wildman–Crippen MR) is 66.2 cm³/mol. The molecule has 15 heavy (non-hydrogen) atoms. The number of hydrogen-bond donors (Lipinski definition) is 1. The Morgan fingerprint density at radius 3 is 2.20 bits per heavy atom. The van der Waals surface area contributed by atoms with Crippen molar-refractivity contribution in [1.29, 1.82) is 0 Å². The van der Waals surface area contributed by atoms with E-state index >= 15 is 0 Å². The van der Waals surface area contributed by atoms with E-state index in [2.05, 4.69) is 37.6 Å². The maximum atomic E-state index is 5.85. The molecule has 0 aromatic heterocycles. The van der Waals surface area contributed by atoms with E-state index in [4.69, 9.17) is 5.73 Å². The fraction of sp³-hybridized carbons (Fsp3) is 0.917. The highest BCUT2D eigenvalue weighted by atomic mass is 15.2. The minimum absolute atomic E-state index is 0.586. The van der Waals surface area contributed by atoms with Gasteiger partial charge in [0.2, 0.25) is 0 Å². The molecule has 0 saturated heterocycles. The zero-order chi connectivity index (χ0) is 11.4. The lowest BCUT2D eigenvalue weighted by Crippen LogP contribution is -2.39. The molecular weight excluding hydrogens is 186 g/mol. The van der Waals surface area contributed by atoms with Crippen LogP contribution in [0.4, 0.5) is 0 Å². The Morgan fingerprint density at radius 2 is 1.80 bits per heavy atom. The standard InChI is InChI=1S/C12H25N3/c1-9(2)15(10(3)4)8-7-14-12(13)11-5-6-11/h9-11H,5-8H2,1-4H3,(H2,13,14). The van der Waals surface area contributed by atoms with Gasteiger partial charge >= 0.3 is 0 Å². The van der Waals surface area contributed by atoms with Crippen LogP contribution in [0.15, 0.2) is 4.99 Å². The smallest absolute Gasteiger partial charge is 0.0968 e. The first-order chi connectivity index (χ1) is 7.02. The number of hydrogen-bond acceptors (Lipinski definition) is 2. The summed E-state index contributed by atoms with van der Waals surface area (Å²) in [5, 5.41) is 0. The molecule has 3 nitrogen and oxygen atoms in total. The Morgan fingerprint density at radius 1 is 1.27 bits per heavy atom. The first-order valence-corrected chi connectivity index (χ1v) is 6.08. The van der Waals surface area contributed by atoms with E-state index in [-0.39, 0.29) is 0 Å². The van der Waals surface area contributed by atoms with Crippen molar-refractivity contribution >= 4 is 5.84 Å². The Labute approximate surface area is 93.7 Å². The van der Waals surface area contributed by atoms with Gasteiger partial charge in [-0.15, -0.1) is 0 Å². The van der Waals surface area contributed by atoms with E-state index in [1.54, 1.807) is 0 Å². The summed E-state index contributed by atoms with van der Waals surface area (Å²) in [6.07, 6.45) is 2.49. The van der Waals surface area contributed by atoms with Crippen molar-refractivity contribution in [3.05, 3.63) is 0 Å². The van der Waals surface area contributed by atoms with Crippen LogP contribution < -0.4 is 5.73 Å². The minimum atomic E-state index is 0.586. The molecule has 0 amide bonds. The van der Waals surface area contributed by atoms with Crippen LogP contribution in [0, 0.1) is 5.92 Å². The minimum Gasteiger partial charge on any atom is -0.387 e. The van der Waals surface area contributed by atoms with Gasteiger partial charge in [0.25, 0.3) is 0 Å². The molecule has 0 aliphatic heterocycles. The fourth-order valence-corrected chi connectivity index (χ4v) is 1.92. The lowest BCUT2D eigenvalue weighted by atomic mass is 10.2. The van der Waals surface area contributed by atoms with Crippen LogP contribution in [0.5, 0.6) is 0 Å². The third kappa shape index (κ3) is 4.20. The Hall–Kier alpha value is -0.570. The molecule has 0 bridgehead atoms. The maximum Gasteiger partial charge on any atom is 0.0968 e. The average Bonchev–Trinajstić information content (AvgIpc) is 2.93. The molecule has 0 spiro atoms. The zero-order valence-electron chi connectivity index (χ0n) is 10.5. The van der Waals surface area contributed by atoms with Gasteiger partial charge < -0.3 is 5.73 Å². The average molecular weight is 211 g/mol. The van der Waals surface area contributed by atoms with Crippen molar-refractivity contribution in [3.8, 4) is 0 Å². The van der Waals surface area contributed by atoms with Gasteiger partial charge in [0.05, 0.1) is 12.4 Å². The molecule has 1 rings (SSSR count). The first kappa shape index (κ1) is 12.5. The molecule has 0 atom stereocenters. The van der Waals surface area contributed by atoms with Crippen LogP contribution in [0.2, 0.25) is 0 Å². The summed E-state index contributed by atoms with van der Waals surface area (Å²) in [6, 6.07) is 1.17. The topological polar surface area (TPSA) is 41.6 Å². The molecule has 0 radical (unpaired) electrons. The molecule has 1 fully saturated rings. The highest BCUT2D eigenvalue weighted by Gasteiger charge is 2.25. The predicted octanol–water partition coefficient (Wildman–Crippen LogP) is 1.87. The summed E-state index contributed by atoms with van der Waals surface area (Å²) >= 11 is 0. The molecule has 88 valence electrons. The Bertz CT molecular complexity index is 209. The summed E-state index contributed by atoms with van der Waals surface area (Å²) in [5.74, 6) is 1.49. The molecule has 2 N–H and O–H groups in total. The number of amidine groups is 1. The molecule has 1 saturated carbocycles. The summed E-state index contributed by atoms with van der Waals surface area (Å²) < 4.78 is 0. The summed E-state index contributed by atoms with van der Waals surface area (Å²) in [6.45, 7) is 10.8. The van der Waals surface area contributed by atoms with Gasteiger partial charge in [-0.05, 0) is 40.5 Å². The van der Waals surface area contributed by atoms with Gasteiger partial charge in [0.15, 0.2) is 0 Å². The van der Waals surface area contributed by atoms with Crippen LogP contribution >= 0.6 is 0 Å². The molecule has 3 heteroatoms. The van der Waals surface area contributed by atoms with E-state index in [1.807, 2.05) is 0 Å². The fourth-order valence-electron chi connectivity index (χ4n) is 1.92. The van der Waals surface area contributed by atoms with E-state index < -0.39 is 0 Å². The van der Waals surface area contributed by atoms with E-state index in [9.17, 15) is 0 Å². The van der Waals surface area contributed by atoms with Gasteiger partial charge in [-0.2, -0.15) is 0 Å². The maximum absolute atomic E-state index is 5.85. The second-order valence-corrected chi connectivity index (χ2v) is 5.01. The largest absolute Gasteiger partial charge is 0.387 e.